The van der Waals surface area contributed by atoms with Gasteiger partial charge in [-0.2, -0.15) is 18.7 Å². The number of nitrogens with one attached hydrogen (secondary N) is 3. The van der Waals surface area contributed by atoms with Gasteiger partial charge in [0.25, 0.3) is 5.91 Å². The third-order valence-electron chi connectivity index (χ3n) is 4.12. The summed E-state index contributed by atoms with van der Waals surface area (Å²) in [6.07, 6.45) is -3.37. The Balaban J connectivity index is 1.62. The van der Waals surface area contributed by atoms with Crippen molar-refractivity contribution in [2.24, 2.45) is 0 Å². The summed E-state index contributed by atoms with van der Waals surface area (Å²) in [7, 11) is 1.44. The molecule has 0 aliphatic rings. The van der Waals surface area contributed by atoms with E-state index in [1.165, 1.54) is 37.5 Å². The summed E-state index contributed by atoms with van der Waals surface area (Å²) < 4.78 is 58.5. The fourth-order valence-electron chi connectivity index (χ4n) is 2.56. The fraction of sp³-hybridized carbons (Fsp3) is 0.0952. The van der Waals surface area contributed by atoms with Crippen molar-refractivity contribution in [3.63, 3.8) is 0 Å². The van der Waals surface area contributed by atoms with Gasteiger partial charge in [-0.05, 0) is 36.4 Å². The number of hydrogen-bond donors (Lipinski definition) is 3. The number of ether oxygens (including phenoxy) is 1. The number of carbonyl (C=O) groups is 2. The van der Waals surface area contributed by atoms with Gasteiger partial charge in [0.05, 0.1) is 16.3 Å². The third kappa shape index (κ3) is 6.25. The molecule has 0 bridgehead atoms. The highest BCUT2D eigenvalue weighted by Gasteiger charge is 2.33. The largest absolute Gasteiger partial charge is 0.457 e. The summed E-state index contributed by atoms with van der Waals surface area (Å²) in [5.41, 5.74) is 0.533. The lowest BCUT2D eigenvalue weighted by molar-refractivity contribution is -0.137. The van der Waals surface area contributed by atoms with Crippen LogP contribution in [-0.4, -0.2) is 24.0 Å². The van der Waals surface area contributed by atoms with Gasteiger partial charge in [0.2, 0.25) is 0 Å². The summed E-state index contributed by atoms with van der Waals surface area (Å²) in [4.78, 5) is 32.3. The molecule has 178 valence electrons. The second-order valence-corrected chi connectivity index (χ2v) is 6.90. The van der Waals surface area contributed by atoms with Crippen LogP contribution in [0.15, 0.2) is 54.7 Å². The van der Waals surface area contributed by atoms with Gasteiger partial charge in [-0.15, -0.1) is 0 Å². The number of halogens is 5. The molecule has 0 radical (unpaired) electrons. The monoisotopic (exact) mass is 498 g/mol. The van der Waals surface area contributed by atoms with Gasteiger partial charge in [0.15, 0.2) is 5.75 Å². The number of amides is 3. The molecule has 3 rings (SSSR count). The molecule has 0 unspecified atom stereocenters. The van der Waals surface area contributed by atoms with Gasteiger partial charge in [-0.3, -0.25) is 9.78 Å². The van der Waals surface area contributed by atoms with Crippen LogP contribution >= 0.6 is 11.6 Å². The first-order valence-electron chi connectivity index (χ1n) is 9.33. The number of benzene rings is 2. The lowest BCUT2D eigenvalue weighted by Crippen LogP contribution is -2.32. The minimum absolute atomic E-state index is 0.0645. The van der Waals surface area contributed by atoms with Crippen LogP contribution in [-0.2, 0) is 6.18 Å². The molecule has 0 spiro atoms. The number of carbonyl (C=O) groups excluding carboxylic acids is 2. The minimum Gasteiger partial charge on any atom is -0.457 e. The van der Waals surface area contributed by atoms with E-state index in [-0.39, 0.29) is 28.6 Å². The molecular weight excluding hydrogens is 484 g/mol. The summed E-state index contributed by atoms with van der Waals surface area (Å²) >= 11 is 5.51. The Bertz CT molecular complexity index is 1220. The Hall–Kier alpha value is -4.06. The van der Waals surface area contributed by atoms with E-state index >= 15 is 0 Å². The van der Waals surface area contributed by atoms with Crippen LogP contribution in [0, 0.1) is 5.82 Å². The highest BCUT2D eigenvalue weighted by Crippen LogP contribution is 2.36. The Labute approximate surface area is 194 Å². The number of rotatable bonds is 6. The molecular formula is C21H15ClF4N4O4. The number of hydrogen-bond acceptors (Lipinski definition) is 5. The van der Waals surface area contributed by atoms with Gasteiger partial charge in [0.1, 0.15) is 23.0 Å². The molecule has 8 nitrogen and oxygen atoms in total. The predicted molar refractivity (Wildman–Crippen MR) is 113 cm³/mol. The Morgan fingerprint density at radius 2 is 1.71 bits per heavy atom. The summed E-state index contributed by atoms with van der Waals surface area (Å²) in [6.45, 7) is 0. The Morgan fingerprint density at radius 3 is 2.38 bits per heavy atom. The standard InChI is InChI=1S/C21H15ClF4N4O4/c1-27-19(31)18-10-12(6-7-28-18)33-11-3-5-17(16(23)9-11)29-20(32)30-34-13-2-4-15(22)14(8-13)21(24,25)26/h2-10H,1H3,(H,27,31)(H2,29,30,32). The third-order valence-corrected chi connectivity index (χ3v) is 4.45. The molecule has 3 aromatic rings. The van der Waals surface area contributed by atoms with E-state index in [0.717, 1.165) is 18.2 Å². The van der Waals surface area contributed by atoms with Crippen LogP contribution in [0.2, 0.25) is 5.02 Å². The molecule has 3 N–H and O–H groups in total. The second-order valence-electron chi connectivity index (χ2n) is 6.50. The van der Waals surface area contributed by atoms with Gasteiger partial charge >= 0.3 is 12.2 Å². The zero-order valence-electron chi connectivity index (χ0n) is 17.2. The molecule has 34 heavy (non-hydrogen) atoms. The average Bonchev–Trinajstić information content (AvgIpc) is 2.79. The molecule has 0 saturated heterocycles. The van der Waals surface area contributed by atoms with Crippen molar-refractivity contribution < 1.29 is 36.7 Å². The SMILES string of the molecule is CNC(=O)c1cc(Oc2ccc(NC(=O)NOc3ccc(Cl)c(C(F)(F)F)c3)c(F)c2)ccn1. The maximum Gasteiger partial charge on any atom is 0.417 e. The molecule has 0 saturated carbocycles. The van der Waals surface area contributed by atoms with Crippen LogP contribution in [0.25, 0.3) is 0 Å². The van der Waals surface area contributed by atoms with Crippen molar-refractivity contribution in [1.29, 1.82) is 0 Å². The average molecular weight is 499 g/mol. The van der Waals surface area contributed by atoms with Crippen molar-refractivity contribution >= 4 is 29.2 Å². The molecule has 0 aliphatic carbocycles. The number of nitrogens with zero attached hydrogens (tertiary/aromatic N) is 1. The van der Waals surface area contributed by atoms with E-state index < -0.39 is 34.5 Å². The summed E-state index contributed by atoms with van der Waals surface area (Å²) in [6, 6.07) is 7.94. The number of pyridine rings is 1. The van der Waals surface area contributed by atoms with E-state index in [9.17, 15) is 27.2 Å². The Kier molecular flexibility index (Phi) is 7.41. The van der Waals surface area contributed by atoms with Gasteiger partial charge in [-0.1, -0.05) is 11.6 Å². The first-order chi connectivity index (χ1) is 16.1. The van der Waals surface area contributed by atoms with Crippen molar-refractivity contribution in [2.75, 3.05) is 12.4 Å². The van der Waals surface area contributed by atoms with Crippen LogP contribution < -0.4 is 25.7 Å². The second kappa shape index (κ2) is 10.3. The summed E-state index contributed by atoms with van der Waals surface area (Å²) in [5, 5.41) is 4.02. The van der Waals surface area contributed by atoms with E-state index in [4.69, 9.17) is 21.2 Å². The van der Waals surface area contributed by atoms with Crippen LogP contribution in [0.5, 0.6) is 17.2 Å². The zero-order chi connectivity index (χ0) is 24.9. The van der Waals surface area contributed by atoms with E-state index in [2.05, 4.69) is 15.6 Å². The van der Waals surface area contributed by atoms with Crippen molar-refractivity contribution in [3.8, 4) is 17.2 Å². The quantitative estimate of drug-likeness (QED) is 0.322. The molecule has 0 atom stereocenters. The lowest BCUT2D eigenvalue weighted by Gasteiger charge is -2.13. The van der Waals surface area contributed by atoms with Gasteiger partial charge < -0.3 is 20.2 Å². The number of aromatic nitrogens is 1. The molecule has 1 aromatic heterocycles. The van der Waals surface area contributed by atoms with Crippen LogP contribution in [0.1, 0.15) is 16.1 Å². The van der Waals surface area contributed by atoms with E-state index in [1.807, 2.05) is 5.48 Å². The van der Waals surface area contributed by atoms with E-state index in [0.29, 0.717) is 6.07 Å². The lowest BCUT2D eigenvalue weighted by atomic mass is 10.2. The highest BCUT2D eigenvalue weighted by atomic mass is 35.5. The molecule has 3 amide bonds. The van der Waals surface area contributed by atoms with Crippen molar-refractivity contribution in [1.82, 2.24) is 15.8 Å². The number of alkyl halides is 3. The molecule has 1 heterocycles. The topological polar surface area (TPSA) is 102 Å². The van der Waals surface area contributed by atoms with Crippen LogP contribution in [0.4, 0.5) is 28.0 Å². The smallest absolute Gasteiger partial charge is 0.417 e. The van der Waals surface area contributed by atoms with Gasteiger partial charge in [-0.25, -0.2) is 9.18 Å². The number of urea groups is 1. The maximum absolute atomic E-state index is 14.4. The fourth-order valence-corrected chi connectivity index (χ4v) is 2.79. The molecule has 2 aromatic carbocycles. The minimum atomic E-state index is -4.72. The van der Waals surface area contributed by atoms with Crippen molar-refractivity contribution in [2.45, 2.75) is 6.18 Å². The molecule has 0 fully saturated rings. The highest BCUT2D eigenvalue weighted by molar-refractivity contribution is 6.31. The van der Waals surface area contributed by atoms with Gasteiger partial charge in [0, 0.05) is 25.4 Å². The number of hydroxylamine groups is 1. The van der Waals surface area contributed by atoms with Crippen LogP contribution in [0.3, 0.4) is 0 Å². The predicted octanol–water partition coefficient (Wildman–Crippen LogP) is 5.16. The molecule has 0 aliphatic heterocycles. The first-order valence-corrected chi connectivity index (χ1v) is 9.70. The number of anilines is 1. The summed E-state index contributed by atoms with van der Waals surface area (Å²) in [5.74, 6) is -1.36. The molecule has 13 heteroatoms. The Morgan fingerprint density at radius 1 is 1.00 bits per heavy atom. The normalized spacial score (nSPS) is 10.9. The van der Waals surface area contributed by atoms with Crippen molar-refractivity contribution in [3.05, 3.63) is 76.8 Å². The maximum atomic E-state index is 14.4. The first kappa shape index (κ1) is 24.6. The zero-order valence-corrected chi connectivity index (χ0v) is 17.9. The van der Waals surface area contributed by atoms with E-state index in [1.54, 1.807) is 0 Å².